The van der Waals surface area contributed by atoms with Crippen molar-refractivity contribution in [1.29, 1.82) is 5.26 Å². The van der Waals surface area contributed by atoms with E-state index in [2.05, 4.69) is 15.9 Å². The molecule has 2 aromatic rings. The van der Waals surface area contributed by atoms with E-state index >= 15 is 0 Å². The number of hydrogen-bond donors (Lipinski definition) is 0. The van der Waals surface area contributed by atoms with E-state index in [-0.39, 0.29) is 27.2 Å². The van der Waals surface area contributed by atoms with Gasteiger partial charge in [0.1, 0.15) is 11.6 Å². The Balaban J connectivity index is 2.43. The van der Waals surface area contributed by atoms with E-state index in [0.29, 0.717) is 0 Å². The quantitative estimate of drug-likeness (QED) is 0.622. The highest BCUT2D eigenvalue weighted by Gasteiger charge is 2.17. The Morgan fingerprint density at radius 2 is 2.05 bits per heavy atom. The van der Waals surface area contributed by atoms with Gasteiger partial charge in [-0.3, -0.25) is 10.1 Å². The van der Waals surface area contributed by atoms with Crippen molar-refractivity contribution < 1.29 is 14.1 Å². The van der Waals surface area contributed by atoms with Crippen LogP contribution in [0.2, 0.25) is 0 Å². The van der Waals surface area contributed by atoms with Gasteiger partial charge in [0.05, 0.1) is 21.0 Å². The Bertz CT molecular complexity index is 728. The van der Waals surface area contributed by atoms with Gasteiger partial charge in [-0.1, -0.05) is 0 Å². The third-order valence-electron chi connectivity index (χ3n) is 2.40. The Hall–Kier alpha value is -2.46. The SMILES string of the molecule is N#Cc1ccc([N+](=O)[O-])c(Oc2ccc(Br)c(F)c2)c1. The minimum absolute atomic E-state index is 0.101. The van der Waals surface area contributed by atoms with E-state index in [4.69, 9.17) is 10.00 Å². The van der Waals surface area contributed by atoms with E-state index in [0.717, 1.165) is 6.07 Å². The van der Waals surface area contributed by atoms with Gasteiger partial charge >= 0.3 is 5.69 Å². The van der Waals surface area contributed by atoms with Crippen LogP contribution in [0.5, 0.6) is 11.5 Å². The summed E-state index contributed by atoms with van der Waals surface area (Å²) < 4.78 is 18.9. The molecule has 0 aliphatic rings. The number of ether oxygens (including phenoxy) is 1. The number of nitrogens with zero attached hydrogens (tertiary/aromatic N) is 2. The van der Waals surface area contributed by atoms with Gasteiger partial charge in [-0.15, -0.1) is 0 Å². The molecule has 0 radical (unpaired) electrons. The highest BCUT2D eigenvalue weighted by Crippen LogP contribution is 2.33. The van der Waals surface area contributed by atoms with Crippen molar-refractivity contribution in [2.24, 2.45) is 0 Å². The topological polar surface area (TPSA) is 76.2 Å². The van der Waals surface area contributed by atoms with Crippen LogP contribution in [0.15, 0.2) is 40.9 Å². The lowest BCUT2D eigenvalue weighted by Crippen LogP contribution is -1.94. The summed E-state index contributed by atoms with van der Waals surface area (Å²) in [5.41, 5.74) is -0.0875. The van der Waals surface area contributed by atoms with E-state index in [1.165, 1.54) is 30.3 Å². The van der Waals surface area contributed by atoms with Crippen molar-refractivity contribution in [2.45, 2.75) is 0 Å². The maximum atomic E-state index is 13.4. The molecule has 0 amide bonds. The summed E-state index contributed by atoms with van der Waals surface area (Å²) in [6.07, 6.45) is 0. The van der Waals surface area contributed by atoms with Crippen molar-refractivity contribution in [1.82, 2.24) is 0 Å². The second-order valence-corrected chi connectivity index (χ2v) is 4.58. The van der Waals surface area contributed by atoms with Gasteiger partial charge in [-0.2, -0.15) is 5.26 Å². The molecule has 100 valence electrons. The second-order valence-electron chi connectivity index (χ2n) is 3.73. The molecule has 0 fully saturated rings. The summed E-state index contributed by atoms with van der Waals surface area (Å²) in [6.45, 7) is 0. The van der Waals surface area contributed by atoms with Crippen molar-refractivity contribution in [2.75, 3.05) is 0 Å². The molecule has 0 spiro atoms. The molecule has 0 aliphatic carbocycles. The second kappa shape index (κ2) is 5.67. The number of nitro groups is 1. The van der Waals surface area contributed by atoms with E-state index in [1.807, 2.05) is 6.07 Å². The van der Waals surface area contributed by atoms with Gasteiger partial charge in [0.15, 0.2) is 0 Å². The number of hydrogen-bond acceptors (Lipinski definition) is 4. The summed E-state index contributed by atoms with van der Waals surface area (Å²) >= 11 is 2.99. The number of benzene rings is 2. The molecule has 0 aliphatic heterocycles. The van der Waals surface area contributed by atoms with Crippen LogP contribution in [0, 0.1) is 27.3 Å². The zero-order chi connectivity index (χ0) is 14.7. The summed E-state index contributed by atoms with van der Waals surface area (Å²) in [6, 6.07) is 9.54. The summed E-state index contributed by atoms with van der Waals surface area (Å²) in [5, 5.41) is 19.7. The lowest BCUT2D eigenvalue weighted by atomic mass is 10.2. The molecule has 0 aromatic heterocycles. The van der Waals surface area contributed by atoms with Crippen molar-refractivity contribution in [3.8, 4) is 17.6 Å². The van der Waals surface area contributed by atoms with Crippen molar-refractivity contribution in [3.05, 3.63) is 62.4 Å². The zero-order valence-corrected chi connectivity index (χ0v) is 11.4. The predicted molar refractivity (Wildman–Crippen MR) is 72.0 cm³/mol. The van der Waals surface area contributed by atoms with Crippen LogP contribution >= 0.6 is 15.9 Å². The first-order valence-corrected chi connectivity index (χ1v) is 6.12. The molecular weight excluding hydrogens is 331 g/mol. The molecule has 0 unspecified atom stereocenters. The summed E-state index contributed by atoms with van der Waals surface area (Å²) in [7, 11) is 0. The van der Waals surface area contributed by atoms with E-state index in [1.54, 1.807) is 0 Å². The Morgan fingerprint density at radius 3 is 2.65 bits per heavy atom. The molecule has 0 saturated heterocycles. The maximum absolute atomic E-state index is 13.4. The van der Waals surface area contributed by atoms with Crippen LogP contribution in [0.4, 0.5) is 10.1 Å². The third kappa shape index (κ3) is 2.92. The monoisotopic (exact) mass is 336 g/mol. The first-order valence-electron chi connectivity index (χ1n) is 5.32. The molecular formula is C13H6BrFN2O3. The van der Waals surface area contributed by atoms with Gasteiger partial charge in [0, 0.05) is 18.2 Å². The first kappa shape index (κ1) is 14.0. The average molecular weight is 337 g/mol. The van der Waals surface area contributed by atoms with Crippen molar-refractivity contribution >= 4 is 21.6 Å². The molecule has 0 heterocycles. The predicted octanol–water partition coefficient (Wildman–Crippen LogP) is 4.16. The van der Waals surface area contributed by atoms with Gasteiger partial charge in [-0.05, 0) is 34.1 Å². The lowest BCUT2D eigenvalue weighted by Gasteiger charge is -2.07. The van der Waals surface area contributed by atoms with E-state index < -0.39 is 10.7 Å². The fourth-order valence-corrected chi connectivity index (χ4v) is 1.73. The lowest BCUT2D eigenvalue weighted by molar-refractivity contribution is -0.385. The molecule has 0 bridgehead atoms. The Morgan fingerprint density at radius 1 is 1.30 bits per heavy atom. The summed E-state index contributed by atoms with van der Waals surface area (Å²) in [5.74, 6) is -0.568. The third-order valence-corrected chi connectivity index (χ3v) is 3.05. The normalized spacial score (nSPS) is 9.85. The minimum atomic E-state index is -0.633. The van der Waals surface area contributed by atoms with Crippen LogP contribution in [-0.4, -0.2) is 4.92 Å². The van der Waals surface area contributed by atoms with Crippen LogP contribution in [0.3, 0.4) is 0 Å². The smallest absolute Gasteiger partial charge is 0.311 e. The van der Waals surface area contributed by atoms with Gasteiger partial charge in [-0.25, -0.2) is 4.39 Å². The number of halogens is 2. The van der Waals surface area contributed by atoms with Gasteiger partial charge in [0.2, 0.25) is 5.75 Å². The number of rotatable bonds is 3. The first-order chi connectivity index (χ1) is 9.51. The zero-order valence-electron chi connectivity index (χ0n) is 9.84. The molecule has 0 N–H and O–H groups in total. The fourth-order valence-electron chi connectivity index (χ4n) is 1.48. The molecule has 5 nitrogen and oxygen atoms in total. The largest absolute Gasteiger partial charge is 0.450 e. The highest BCUT2D eigenvalue weighted by molar-refractivity contribution is 9.10. The standard InChI is InChI=1S/C13H6BrFN2O3/c14-10-3-2-9(6-11(10)15)20-13-5-8(7-16)1-4-12(13)17(18)19/h1-6H. The van der Waals surface area contributed by atoms with Crippen LogP contribution in [-0.2, 0) is 0 Å². The highest BCUT2D eigenvalue weighted by atomic mass is 79.9. The molecule has 7 heteroatoms. The minimum Gasteiger partial charge on any atom is -0.450 e. The van der Waals surface area contributed by atoms with Crippen molar-refractivity contribution in [3.63, 3.8) is 0 Å². The number of nitro benzene ring substituents is 1. The molecule has 0 atom stereocenters. The van der Waals surface area contributed by atoms with Crippen LogP contribution < -0.4 is 4.74 Å². The van der Waals surface area contributed by atoms with Crippen LogP contribution in [0.1, 0.15) is 5.56 Å². The van der Waals surface area contributed by atoms with Crippen LogP contribution in [0.25, 0.3) is 0 Å². The van der Waals surface area contributed by atoms with Gasteiger partial charge < -0.3 is 4.74 Å². The molecule has 2 rings (SSSR count). The Kier molecular flexibility index (Phi) is 3.96. The maximum Gasteiger partial charge on any atom is 0.311 e. The number of nitriles is 1. The average Bonchev–Trinajstić information content (AvgIpc) is 2.42. The van der Waals surface area contributed by atoms with E-state index in [9.17, 15) is 14.5 Å². The molecule has 2 aromatic carbocycles. The van der Waals surface area contributed by atoms with Gasteiger partial charge in [0.25, 0.3) is 0 Å². The molecule has 0 saturated carbocycles. The summed E-state index contributed by atoms with van der Waals surface area (Å²) in [4.78, 5) is 10.3. The fraction of sp³-hybridized carbons (Fsp3) is 0. The Labute approximate surface area is 121 Å². The molecule has 20 heavy (non-hydrogen) atoms.